The maximum absolute atomic E-state index is 13.3. The average Bonchev–Trinajstić information content (AvgIpc) is 2.78. The Labute approximate surface area is 124 Å². The number of thioether (sulfide) groups is 1. The van der Waals surface area contributed by atoms with Crippen LogP contribution in [0, 0.1) is 6.92 Å². The fraction of sp³-hybridized carbons (Fsp3) is 0.500. The molecule has 0 unspecified atom stereocenters. The van der Waals surface area contributed by atoms with Gasteiger partial charge in [-0.1, -0.05) is 0 Å². The highest BCUT2D eigenvalue weighted by Crippen LogP contribution is 2.36. The molecular weight excluding hydrogens is 299 g/mol. The average molecular weight is 315 g/mol. The summed E-state index contributed by atoms with van der Waals surface area (Å²) < 4.78 is 39.8. The second-order valence-electron chi connectivity index (χ2n) is 5.27. The Morgan fingerprint density at radius 3 is 2.71 bits per heavy atom. The molecule has 0 radical (unpaired) electrons. The molecule has 3 heterocycles. The van der Waals surface area contributed by atoms with E-state index in [2.05, 4.69) is 14.9 Å². The van der Waals surface area contributed by atoms with Crippen LogP contribution in [0.3, 0.4) is 0 Å². The van der Waals surface area contributed by atoms with Crippen molar-refractivity contribution >= 4 is 22.8 Å². The second-order valence-corrected chi connectivity index (χ2v) is 6.50. The fourth-order valence-corrected chi connectivity index (χ4v) is 3.60. The number of pyridine rings is 1. The molecule has 1 N–H and O–H groups in total. The van der Waals surface area contributed by atoms with Crippen LogP contribution in [-0.4, -0.2) is 39.5 Å². The van der Waals surface area contributed by atoms with E-state index < -0.39 is 11.9 Å². The standard InChI is InChI=1S/C14H16F3N3S/c1-9-6-10-11(8-20-2-4-21-5-3-20)12(14(15,16)17)19-13(10)18-7-9/h6-7H,2-5,8H2,1H3,(H,18,19). The van der Waals surface area contributed by atoms with Gasteiger partial charge < -0.3 is 4.98 Å². The number of aromatic nitrogens is 2. The molecule has 3 rings (SSSR count). The van der Waals surface area contributed by atoms with Crippen molar-refractivity contribution in [3.8, 4) is 0 Å². The maximum Gasteiger partial charge on any atom is 0.431 e. The van der Waals surface area contributed by atoms with Crippen LogP contribution in [0.25, 0.3) is 11.0 Å². The fourth-order valence-electron chi connectivity index (χ4n) is 2.62. The van der Waals surface area contributed by atoms with E-state index >= 15 is 0 Å². The molecule has 0 aliphatic carbocycles. The summed E-state index contributed by atoms with van der Waals surface area (Å²) in [6.45, 7) is 3.82. The molecule has 1 aliphatic heterocycles. The number of H-pyrrole nitrogens is 1. The molecule has 3 nitrogen and oxygen atoms in total. The van der Waals surface area contributed by atoms with Crippen molar-refractivity contribution in [1.82, 2.24) is 14.9 Å². The minimum Gasteiger partial charge on any atom is -0.335 e. The monoisotopic (exact) mass is 315 g/mol. The van der Waals surface area contributed by atoms with E-state index in [0.29, 0.717) is 23.1 Å². The Kier molecular flexibility index (Phi) is 3.88. The number of nitrogens with one attached hydrogen (secondary N) is 1. The Morgan fingerprint density at radius 1 is 1.33 bits per heavy atom. The molecule has 21 heavy (non-hydrogen) atoms. The van der Waals surface area contributed by atoms with Gasteiger partial charge in [-0.2, -0.15) is 24.9 Å². The van der Waals surface area contributed by atoms with Crippen LogP contribution in [0.15, 0.2) is 12.3 Å². The predicted octanol–water partition coefficient (Wildman–Crippen LogP) is 3.44. The van der Waals surface area contributed by atoms with Gasteiger partial charge in [0.15, 0.2) is 0 Å². The van der Waals surface area contributed by atoms with Crippen LogP contribution in [-0.2, 0) is 12.7 Å². The van der Waals surface area contributed by atoms with E-state index in [1.807, 2.05) is 18.7 Å². The summed E-state index contributed by atoms with van der Waals surface area (Å²) >= 11 is 1.84. The minimum atomic E-state index is -4.38. The SMILES string of the molecule is Cc1cnc2[nH]c(C(F)(F)F)c(CN3CCSCC3)c2c1. The Hall–Kier alpha value is -1.21. The molecular formula is C14H16F3N3S. The zero-order valence-corrected chi connectivity index (χ0v) is 12.4. The Morgan fingerprint density at radius 2 is 2.05 bits per heavy atom. The van der Waals surface area contributed by atoms with Crippen molar-refractivity contribution in [1.29, 1.82) is 0 Å². The first-order valence-corrected chi connectivity index (χ1v) is 7.95. The lowest BCUT2D eigenvalue weighted by Gasteiger charge is -2.26. The van der Waals surface area contributed by atoms with Crippen molar-refractivity contribution in [2.45, 2.75) is 19.6 Å². The third-order valence-electron chi connectivity index (χ3n) is 3.66. The summed E-state index contributed by atoms with van der Waals surface area (Å²) in [4.78, 5) is 8.62. The van der Waals surface area contributed by atoms with Gasteiger partial charge in [0.1, 0.15) is 11.3 Å². The van der Waals surface area contributed by atoms with Gasteiger partial charge in [0.2, 0.25) is 0 Å². The lowest BCUT2D eigenvalue weighted by molar-refractivity contribution is -0.141. The van der Waals surface area contributed by atoms with E-state index in [4.69, 9.17) is 0 Å². The van der Waals surface area contributed by atoms with Gasteiger partial charge in [0.25, 0.3) is 0 Å². The number of aromatic amines is 1. The first-order chi connectivity index (χ1) is 9.95. The van der Waals surface area contributed by atoms with Crippen molar-refractivity contribution in [3.63, 3.8) is 0 Å². The number of halogens is 3. The van der Waals surface area contributed by atoms with Crippen molar-refractivity contribution in [2.75, 3.05) is 24.6 Å². The molecule has 1 saturated heterocycles. The Bertz CT molecular complexity index is 645. The first kappa shape index (κ1) is 14.7. The number of aryl methyl sites for hydroxylation is 1. The van der Waals surface area contributed by atoms with Crippen molar-refractivity contribution in [2.24, 2.45) is 0 Å². The largest absolute Gasteiger partial charge is 0.431 e. The molecule has 0 aromatic carbocycles. The number of alkyl halides is 3. The van der Waals surface area contributed by atoms with Crippen LogP contribution in [0.1, 0.15) is 16.8 Å². The van der Waals surface area contributed by atoms with Crippen LogP contribution in [0.4, 0.5) is 13.2 Å². The molecule has 0 atom stereocenters. The molecule has 2 aromatic rings. The maximum atomic E-state index is 13.3. The summed E-state index contributed by atoms with van der Waals surface area (Å²) in [5, 5.41) is 0.584. The number of rotatable bonds is 2. The smallest absolute Gasteiger partial charge is 0.335 e. The molecule has 0 spiro atoms. The molecule has 0 amide bonds. The topological polar surface area (TPSA) is 31.9 Å². The number of hydrogen-bond acceptors (Lipinski definition) is 3. The third kappa shape index (κ3) is 3.03. The quantitative estimate of drug-likeness (QED) is 0.921. The van der Waals surface area contributed by atoms with Crippen molar-refractivity contribution in [3.05, 3.63) is 29.1 Å². The molecule has 0 bridgehead atoms. The number of nitrogens with zero attached hydrogens (tertiary/aromatic N) is 2. The number of fused-ring (bicyclic) bond motifs is 1. The predicted molar refractivity (Wildman–Crippen MR) is 78.4 cm³/mol. The van der Waals surface area contributed by atoms with Gasteiger partial charge in [0, 0.05) is 48.3 Å². The zero-order valence-electron chi connectivity index (χ0n) is 11.6. The van der Waals surface area contributed by atoms with Gasteiger partial charge >= 0.3 is 6.18 Å². The zero-order chi connectivity index (χ0) is 15.0. The lowest BCUT2D eigenvalue weighted by atomic mass is 10.1. The van der Waals surface area contributed by atoms with Crippen LogP contribution >= 0.6 is 11.8 Å². The molecule has 114 valence electrons. The molecule has 1 aliphatic rings. The first-order valence-electron chi connectivity index (χ1n) is 6.79. The van der Waals surface area contributed by atoms with Gasteiger partial charge in [-0.15, -0.1) is 0 Å². The van der Waals surface area contributed by atoms with Gasteiger partial charge in [-0.3, -0.25) is 4.90 Å². The summed E-state index contributed by atoms with van der Waals surface area (Å²) in [6.07, 6.45) is -2.80. The summed E-state index contributed by atoms with van der Waals surface area (Å²) in [6, 6.07) is 1.78. The van der Waals surface area contributed by atoms with Gasteiger partial charge in [-0.05, 0) is 18.6 Å². The highest BCUT2D eigenvalue weighted by molar-refractivity contribution is 7.99. The second kappa shape index (κ2) is 5.53. The normalized spacial score (nSPS) is 17.5. The minimum absolute atomic E-state index is 0.314. The molecule has 1 fully saturated rings. The summed E-state index contributed by atoms with van der Waals surface area (Å²) in [7, 11) is 0. The molecule has 0 saturated carbocycles. The number of hydrogen-bond donors (Lipinski definition) is 1. The van der Waals surface area contributed by atoms with E-state index in [1.54, 1.807) is 12.3 Å². The molecule has 7 heteroatoms. The van der Waals surface area contributed by atoms with Crippen LogP contribution < -0.4 is 0 Å². The van der Waals surface area contributed by atoms with E-state index in [9.17, 15) is 13.2 Å². The highest BCUT2D eigenvalue weighted by atomic mass is 32.2. The van der Waals surface area contributed by atoms with E-state index in [0.717, 1.165) is 30.2 Å². The third-order valence-corrected chi connectivity index (χ3v) is 4.61. The molecule has 2 aromatic heterocycles. The van der Waals surface area contributed by atoms with E-state index in [-0.39, 0.29) is 0 Å². The van der Waals surface area contributed by atoms with E-state index in [1.165, 1.54) is 0 Å². The summed E-state index contributed by atoms with van der Waals surface area (Å²) in [5.74, 6) is 1.95. The van der Waals surface area contributed by atoms with Crippen LogP contribution in [0.2, 0.25) is 0 Å². The summed E-state index contributed by atoms with van der Waals surface area (Å²) in [5.41, 5.74) is 0.842. The van der Waals surface area contributed by atoms with Gasteiger partial charge in [-0.25, -0.2) is 4.98 Å². The lowest BCUT2D eigenvalue weighted by Crippen LogP contribution is -2.32. The highest BCUT2D eigenvalue weighted by Gasteiger charge is 2.37. The van der Waals surface area contributed by atoms with Crippen molar-refractivity contribution < 1.29 is 13.2 Å². The van der Waals surface area contributed by atoms with Crippen LogP contribution in [0.5, 0.6) is 0 Å². The van der Waals surface area contributed by atoms with Gasteiger partial charge in [0.05, 0.1) is 0 Å². The Balaban J connectivity index is 2.05.